The van der Waals surface area contributed by atoms with Gasteiger partial charge in [-0.25, -0.2) is 0 Å². The molecule has 0 aliphatic heterocycles. The SMILES string of the molecule is C=C1C(O[Si](C)(C)C(C)(C)C)CC(=CCP(=O)(c2ccccc2)c2ccccc2)CC1O[Si](C)(C)C(C)(C)C. The van der Waals surface area contributed by atoms with Crippen LogP contribution in [0.2, 0.25) is 36.3 Å². The normalized spacial score (nSPS) is 19.7. The van der Waals surface area contributed by atoms with Crippen molar-refractivity contribution in [1.29, 1.82) is 0 Å². The zero-order valence-corrected chi connectivity index (χ0v) is 28.9. The highest BCUT2D eigenvalue weighted by Crippen LogP contribution is 2.47. The molecule has 0 spiro atoms. The monoisotopic (exact) mass is 582 g/mol. The molecule has 1 aliphatic rings. The van der Waals surface area contributed by atoms with Crippen LogP contribution in [0, 0.1) is 0 Å². The Bertz CT molecular complexity index is 1120. The highest BCUT2D eigenvalue weighted by atomic mass is 31.2. The van der Waals surface area contributed by atoms with Gasteiger partial charge in [-0.3, -0.25) is 0 Å². The van der Waals surface area contributed by atoms with Crippen LogP contribution in [0.15, 0.2) is 84.5 Å². The van der Waals surface area contributed by atoms with Crippen LogP contribution < -0.4 is 10.6 Å². The summed E-state index contributed by atoms with van der Waals surface area (Å²) in [4.78, 5) is 0. The van der Waals surface area contributed by atoms with E-state index in [4.69, 9.17) is 8.85 Å². The third-order valence-corrected chi connectivity index (χ3v) is 21.1. The van der Waals surface area contributed by atoms with E-state index in [0.717, 1.165) is 29.0 Å². The smallest absolute Gasteiger partial charge is 0.192 e. The van der Waals surface area contributed by atoms with E-state index in [1.807, 2.05) is 60.7 Å². The van der Waals surface area contributed by atoms with Gasteiger partial charge in [-0.2, -0.15) is 0 Å². The second-order valence-corrected chi connectivity index (χ2v) is 26.6. The van der Waals surface area contributed by atoms with E-state index in [2.05, 4.69) is 80.4 Å². The summed E-state index contributed by atoms with van der Waals surface area (Å²) in [6.45, 7) is 27.5. The van der Waals surface area contributed by atoms with Crippen molar-refractivity contribution in [3.63, 3.8) is 0 Å². The van der Waals surface area contributed by atoms with Crippen LogP contribution in [0.1, 0.15) is 54.4 Å². The lowest BCUT2D eigenvalue weighted by Gasteiger charge is -2.46. The van der Waals surface area contributed by atoms with Gasteiger partial charge in [0.05, 0.1) is 12.2 Å². The first-order chi connectivity index (χ1) is 17.9. The van der Waals surface area contributed by atoms with E-state index in [1.165, 1.54) is 5.57 Å². The molecule has 2 aromatic carbocycles. The van der Waals surface area contributed by atoms with Crippen molar-refractivity contribution >= 4 is 34.4 Å². The number of rotatable bonds is 8. The van der Waals surface area contributed by atoms with Crippen molar-refractivity contribution in [2.45, 2.75) is 103 Å². The summed E-state index contributed by atoms with van der Waals surface area (Å²) in [6, 6.07) is 19.9. The Morgan fingerprint density at radius 3 is 1.46 bits per heavy atom. The summed E-state index contributed by atoms with van der Waals surface area (Å²) < 4.78 is 28.7. The van der Waals surface area contributed by atoms with Crippen LogP contribution in [0.25, 0.3) is 0 Å². The molecule has 0 amide bonds. The molecule has 3 nitrogen and oxygen atoms in total. The van der Waals surface area contributed by atoms with Crippen molar-refractivity contribution in [3.8, 4) is 0 Å². The third kappa shape index (κ3) is 7.43. The van der Waals surface area contributed by atoms with Gasteiger partial charge < -0.3 is 13.4 Å². The second kappa shape index (κ2) is 11.8. The maximum Gasteiger partial charge on any atom is 0.192 e. The lowest BCUT2D eigenvalue weighted by atomic mass is 9.86. The Balaban J connectivity index is 2.00. The van der Waals surface area contributed by atoms with E-state index in [9.17, 15) is 4.57 Å². The van der Waals surface area contributed by atoms with Gasteiger partial charge in [0.25, 0.3) is 0 Å². The minimum Gasteiger partial charge on any atom is -0.410 e. The van der Waals surface area contributed by atoms with E-state index in [-0.39, 0.29) is 22.3 Å². The van der Waals surface area contributed by atoms with Gasteiger partial charge in [0, 0.05) is 16.8 Å². The van der Waals surface area contributed by atoms with Gasteiger partial charge in [-0.1, -0.05) is 120 Å². The molecule has 6 heteroatoms. The lowest BCUT2D eigenvalue weighted by molar-refractivity contribution is 0.132. The maximum absolute atomic E-state index is 14.7. The number of allylic oxidation sites excluding steroid dienone is 1. The summed E-state index contributed by atoms with van der Waals surface area (Å²) in [6.07, 6.45) is 4.11. The molecule has 2 aromatic rings. The largest absolute Gasteiger partial charge is 0.410 e. The summed E-state index contributed by atoms with van der Waals surface area (Å²) >= 11 is 0. The highest BCUT2D eigenvalue weighted by molar-refractivity contribution is 7.78. The van der Waals surface area contributed by atoms with Crippen molar-refractivity contribution in [3.05, 3.63) is 84.5 Å². The van der Waals surface area contributed by atoms with Crippen LogP contribution >= 0.6 is 7.14 Å². The number of hydrogen-bond donors (Lipinski definition) is 0. The molecule has 1 saturated carbocycles. The summed E-state index contributed by atoms with van der Waals surface area (Å²) in [5.74, 6) is 0. The van der Waals surface area contributed by atoms with Gasteiger partial charge in [0.2, 0.25) is 0 Å². The Kier molecular flexibility index (Phi) is 9.67. The van der Waals surface area contributed by atoms with E-state index < -0.39 is 23.8 Å². The molecule has 0 heterocycles. The third-order valence-electron chi connectivity index (χ3n) is 9.19. The molecule has 39 heavy (non-hydrogen) atoms. The maximum atomic E-state index is 14.7. The molecular weight excluding hydrogens is 532 g/mol. The zero-order valence-electron chi connectivity index (χ0n) is 26.0. The Morgan fingerprint density at radius 1 is 0.769 bits per heavy atom. The topological polar surface area (TPSA) is 35.5 Å². The van der Waals surface area contributed by atoms with Crippen LogP contribution in [0.5, 0.6) is 0 Å². The Labute approximate surface area is 240 Å². The van der Waals surface area contributed by atoms with Crippen LogP contribution in [-0.2, 0) is 13.4 Å². The van der Waals surface area contributed by atoms with E-state index in [1.54, 1.807) is 0 Å². The Hall–Kier alpha value is -1.50. The minimum absolute atomic E-state index is 0.0894. The van der Waals surface area contributed by atoms with Gasteiger partial charge in [0.1, 0.15) is 7.14 Å². The molecule has 1 fully saturated rings. The zero-order chi connectivity index (χ0) is 29.3. The molecule has 2 atom stereocenters. The van der Waals surface area contributed by atoms with Gasteiger partial charge in [-0.05, 0) is 54.7 Å². The molecule has 2 unspecified atom stereocenters. The molecular formula is C33H51O3PSi2. The van der Waals surface area contributed by atoms with E-state index in [0.29, 0.717) is 6.16 Å². The van der Waals surface area contributed by atoms with Crippen molar-refractivity contribution in [1.82, 2.24) is 0 Å². The van der Waals surface area contributed by atoms with Gasteiger partial charge in [0.15, 0.2) is 16.6 Å². The first kappa shape index (κ1) is 32.0. The molecule has 3 rings (SSSR count). The van der Waals surface area contributed by atoms with Gasteiger partial charge in [-0.15, -0.1) is 0 Å². The molecule has 0 aromatic heterocycles. The molecule has 0 radical (unpaired) electrons. The lowest BCUT2D eigenvalue weighted by Crippen LogP contribution is -2.49. The summed E-state index contributed by atoms with van der Waals surface area (Å²) in [5, 5.41) is 1.99. The van der Waals surface area contributed by atoms with Crippen LogP contribution in [0.4, 0.5) is 0 Å². The Morgan fingerprint density at radius 2 is 1.13 bits per heavy atom. The highest BCUT2D eigenvalue weighted by Gasteiger charge is 2.45. The van der Waals surface area contributed by atoms with Crippen molar-refractivity contribution in [2.24, 2.45) is 0 Å². The van der Waals surface area contributed by atoms with Crippen LogP contribution in [0.3, 0.4) is 0 Å². The van der Waals surface area contributed by atoms with E-state index >= 15 is 0 Å². The summed E-state index contributed by atoms with van der Waals surface area (Å²) in [5.41, 5.74) is 2.33. The number of benzene rings is 2. The summed E-state index contributed by atoms with van der Waals surface area (Å²) in [7, 11) is -6.92. The molecule has 214 valence electrons. The molecule has 0 saturated heterocycles. The second-order valence-electron chi connectivity index (χ2n) is 14.2. The predicted octanol–water partition coefficient (Wildman–Crippen LogP) is 9.06. The average Bonchev–Trinajstić information content (AvgIpc) is 2.84. The first-order valence-corrected chi connectivity index (χ1v) is 22.0. The fraction of sp³-hybridized carbons (Fsp3) is 0.515. The standard InChI is InChI=1S/C33H51O3PSi2/c1-26-30(35-38(8,9)32(2,3)4)24-27(25-31(26)36-39(10,11)33(5,6)7)22-23-37(34,28-18-14-12-15-19-28)29-20-16-13-17-21-29/h12-22,30-31H,1,23-25H2,2-11H3. The molecule has 0 N–H and O–H groups in total. The minimum atomic E-state index is -2.84. The molecule has 0 bridgehead atoms. The average molecular weight is 583 g/mol. The fourth-order valence-corrected chi connectivity index (χ4v) is 9.59. The van der Waals surface area contributed by atoms with Crippen molar-refractivity contribution in [2.75, 3.05) is 6.16 Å². The number of hydrogen-bond acceptors (Lipinski definition) is 3. The molecule has 1 aliphatic carbocycles. The van der Waals surface area contributed by atoms with Gasteiger partial charge >= 0.3 is 0 Å². The first-order valence-electron chi connectivity index (χ1n) is 14.3. The quantitative estimate of drug-likeness (QED) is 0.177. The van der Waals surface area contributed by atoms with Crippen molar-refractivity contribution < 1.29 is 13.4 Å². The predicted molar refractivity (Wildman–Crippen MR) is 175 cm³/mol. The van der Waals surface area contributed by atoms with Crippen LogP contribution in [-0.4, -0.2) is 35.0 Å². The fourth-order valence-electron chi connectivity index (χ4n) is 4.45.